The molecule has 0 aliphatic carbocycles. The second-order valence-electron chi connectivity index (χ2n) is 5.53. The van der Waals surface area contributed by atoms with Gasteiger partial charge >= 0.3 is 0 Å². The first-order valence-electron chi connectivity index (χ1n) is 7.15. The fraction of sp³-hybridized carbons (Fsp3) is 0.167. The van der Waals surface area contributed by atoms with E-state index in [1.165, 1.54) is 5.56 Å². The summed E-state index contributed by atoms with van der Waals surface area (Å²) in [5, 5.41) is 4.92. The van der Waals surface area contributed by atoms with Crippen molar-refractivity contribution in [3.63, 3.8) is 0 Å². The standard InChI is InChI=1S/C18H17ClN2O/c1-11-3-5-15(6-4-11)20-10-14-8-13-7-12(2)16(19)9-17(13)21-18(14)22/h3-9,20H,10H2,1-2H3,(H,21,22). The van der Waals surface area contributed by atoms with Crippen molar-refractivity contribution in [2.75, 3.05) is 5.32 Å². The molecule has 1 aromatic heterocycles. The minimum Gasteiger partial charge on any atom is -0.381 e. The lowest BCUT2D eigenvalue weighted by molar-refractivity contribution is 1.09. The Balaban J connectivity index is 1.90. The zero-order valence-electron chi connectivity index (χ0n) is 12.5. The van der Waals surface area contributed by atoms with Gasteiger partial charge in [0.2, 0.25) is 0 Å². The molecule has 0 spiro atoms. The van der Waals surface area contributed by atoms with E-state index < -0.39 is 0 Å². The third-order valence-corrected chi connectivity index (χ3v) is 4.14. The number of aromatic nitrogens is 1. The van der Waals surface area contributed by atoms with Crippen molar-refractivity contribution in [2.45, 2.75) is 20.4 Å². The van der Waals surface area contributed by atoms with Crippen LogP contribution in [0.4, 0.5) is 5.69 Å². The largest absolute Gasteiger partial charge is 0.381 e. The number of nitrogens with one attached hydrogen (secondary N) is 2. The van der Waals surface area contributed by atoms with E-state index in [1.807, 2.05) is 50.2 Å². The topological polar surface area (TPSA) is 44.9 Å². The molecule has 3 rings (SSSR count). The molecule has 112 valence electrons. The smallest absolute Gasteiger partial charge is 0.253 e. The number of H-pyrrole nitrogens is 1. The molecule has 3 nitrogen and oxygen atoms in total. The molecule has 0 radical (unpaired) electrons. The first-order chi connectivity index (χ1) is 10.5. The maximum absolute atomic E-state index is 12.2. The highest BCUT2D eigenvalue weighted by molar-refractivity contribution is 6.32. The van der Waals surface area contributed by atoms with E-state index in [9.17, 15) is 4.79 Å². The molecule has 3 aromatic rings. The number of pyridine rings is 1. The van der Waals surface area contributed by atoms with Crippen molar-refractivity contribution in [1.29, 1.82) is 0 Å². The lowest BCUT2D eigenvalue weighted by Crippen LogP contribution is -2.15. The normalized spacial score (nSPS) is 10.9. The van der Waals surface area contributed by atoms with Gasteiger partial charge in [-0.3, -0.25) is 4.79 Å². The molecule has 2 N–H and O–H groups in total. The fourth-order valence-corrected chi connectivity index (χ4v) is 2.55. The van der Waals surface area contributed by atoms with Crippen molar-refractivity contribution in [2.24, 2.45) is 0 Å². The van der Waals surface area contributed by atoms with Gasteiger partial charge in [-0.1, -0.05) is 29.3 Å². The predicted molar refractivity (Wildman–Crippen MR) is 92.8 cm³/mol. The Morgan fingerprint density at radius 1 is 1.09 bits per heavy atom. The molecular weight excluding hydrogens is 296 g/mol. The van der Waals surface area contributed by atoms with Gasteiger partial charge in [0.15, 0.2) is 0 Å². The number of aromatic amines is 1. The third kappa shape index (κ3) is 3.00. The molecule has 0 bridgehead atoms. The molecule has 0 aliphatic rings. The average molecular weight is 313 g/mol. The first-order valence-corrected chi connectivity index (χ1v) is 7.53. The van der Waals surface area contributed by atoms with E-state index in [-0.39, 0.29) is 5.56 Å². The Kier molecular flexibility index (Phi) is 3.90. The number of hydrogen-bond donors (Lipinski definition) is 2. The van der Waals surface area contributed by atoms with Gasteiger partial charge in [0, 0.05) is 28.3 Å². The van der Waals surface area contributed by atoms with Crippen LogP contribution in [0, 0.1) is 13.8 Å². The van der Waals surface area contributed by atoms with Crippen molar-refractivity contribution in [3.05, 3.63) is 74.5 Å². The molecule has 1 heterocycles. The van der Waals surface area contributed by atoms with Gasteiger partial charge in [0.1, 0.15) is 0 Å². The number of aryl methyl sites for hydroxylation is 2. The number of hydrogen-bond acceptors (Lipinski definition) is 2. The van der Waals surface area contributed by atoms with Gasteiger partial charge in [-0.2, -0.15) is 0 Å². The molecule has 22 heavy (non-hydrogen) atoms. The molecule has 0 saturated heterocycles. The van der Waals surface area contributed by atoms with Crippen LogP contribution in [0.2, 0.25) is 5.02 Å². The summed E-state index contributed by atoms with van der Waals surface area (Å²) in [6.45, 7) is 4.48. The molecule has 0 saturated carbocycles. The van der Waals surface area contributed by atoms with Crippen LogP contribution < -0.4 is 10.9 Å². The van der Waals surface area contributed by atoms with Gasteiger partial charge in [-0.25, -0.2) is 0 Å². The van der Waals surface area contributed by atoms with Gasteiger partial charge in [0.05, 0.1) is 0 Å². The Morgan fingerprint density at radius 2 is 1.82 bits per heavy atom. The van der Waals surface area contributed by atoms with Crippen LogP contribution >= 0.6 is 11.6 Å². The van der Waals surface area contributed by atoms with Crippen LogP contribution in [-0.4, -0.2) is 4.98 Å². The molecular formula is C18H17ClN2O. The van der Waals surface area contributed by atoms with Crippen molar-refractivity contribution >= 4 is 28.2 Å². The van der Waals surface area contributed by atoms with Crippen LogP contribution in [0.3, 0.4) is 0 Å². The van der Waals surface area contributed by atoms with E-state index in [0.29, 0.717) is 17.1 Å². The Hall–Kier alpha value is -2.26. The Labute approximate surface area is 133 Å². The van der Waals surface area contributed by atoms with Crippen LogP contribution in [0.15, 0.2) is 47.3 Å². The van der Waals surface area contributed by atoms with E-state index >= 15 is 0 Å². The van der Waals surface area contributed by atoms with Crippen molar-refractivity contribution < 1.29 is 0 Å². The average Bonchev–Trinajstić information content (AvgIpc) is 2.49. The number of halogens is 1. The van der Waals surface area contributed by atoms with E-state index in [0.717, 1.165) is 22.2 Å². The monoisotopic (exact) mass is 312 g/mol. The Morgan fingerprint density at radius 3 is 2.55 bits per heavy atom. The molecule has 0 amide bonds. The molecule has 0 fully saturated rings. The summed E-state index contributed by atoms with van der Waals surface area (Å²) in [4.78, 5) is 15.1. The van der Waals surface area contributed by atoms with Crippen LogP contribution in [0.25, 0.3) is 10.9 Å². The van der Waals surface area contributed by atoms with E-state index in [4.69, 9.17) is 11.6 Å². The molecule has 4 heteroatoms. The molecule has 2 aromatic carbocycles. The number of benzene rings is 2. The summed E-state index contributed by atoms with van der Waals surface area (Å²) in [5.74, 6) is 0. The summed E-state index contributed by atoms with van der Waals surface area (Å²) in [6.07, 6.45) is 0. The van der Waals surface area contributed by atoms with Crippen LogP contribution in [0.1, 0.15) is 16.7 Å². The predicted octanol–water partition coefficient (Wildman–Crippen LogP) is 4.41. The van der Waals surface area contributed by atoms with Gasteiger partial charge < -0.3 is 10.3 Å². The lowest BCUT2D eigenvalue weighted by Gasteiger charge is -2.08. The highest BCUT2D eigenvalue weighted by Gasteiger charge is 2.05. The van der Waals surface area contributed by atoms with E-state index in [1.54, 1.807) is 6.07 Å². The maximum atomic E-state index is 12.2. The van der Waals surface area contributed by atoms with Gasteiger partial charge in [-0.15, -0.1) is 0 Å². The van der Waals surface area contributed by atoms with Crippen molar-refractivity contribution in [3.8, 4) is 0 Å². The Bertz CT molecular complexity index is 882. The summed E-state index contributed by atoms with van der Waals surface area (Å²) < 4.78 is 0. The maximum Gasteiger partial charge on any atom is 0.253 e. The molecule has 0 unspecified atom stereocenters. The van der Waals surface area contributed by atoms with Gasteiger partial charge in [-0.05, 0) is 55.1 Å². The minimum atomic E-state index is -0.0907. The first kappa shape index (κ1) is 14.7. The lowest BCUT2D eigenvalue weighted by atomic mass is 10.1. The van der Waals surface area contributed by atoms with Gasteiger partial charge in [0.25, 0.3) is 5.56 Å². The zero-order chi connectivity index (χ0) is 15.7. The highest BCUT2D eigenvalue weighted by atomic mass is 35.5. The summed E-state index contributed by atoms with van der Waals surface area (Å²) >= 11 is 6.10. The number of fused-ring (bicyclic) bond motifs is 1. The van der Waals surface area contributed by atoms with E-state index in [2.05, 4.69) is 10.3 Å². The second kappa shape index (κ2) is 5.85. The number of rotatable bonds is 3. The summed E-state index contributed by atoms with van der Waals surface area (Å²) in [5.41, 5.74) is 4.58. The summed E-state index contributed by atoms with van der Waals surface area (Å²) in [7, 11) is 0. The quantitative estimate of drug-likeness (QED) is 0.752. The van der Waals surface area contributed by atoms with Crippen LogP contribution in [-0.2, 0) is 6.54 Å². The molecule has 0 atom stereocenters. The fourth-order valence-electron chi connectivity index (χ4n) is 2.39. The van der Waals surface area contributed by atoms with Crippen molar-refractivity contribution in [1.82, 2.24) is 4.98 Å². The second-order valence-corrected chi connectivity index (χ2v) is 5.94. The third-order valence-electron chi connectivity index (χ3n) is 3.73. The zero-order valence-corrected chi connectivity index (χ0v) is 13.3. The summed E-state index contributed by atoms with van der Waals surface area (Å²) in [6, 6.07) is 13.8. The SMILES string of the molecule is Cc1ccc(NCc2cc3cc(C)c(Cl)cc3[nH]c2=O)cc1. The van der Waals surface area contributed by atoms with Crippen LogP contribution in [0.5, 0.6) is 0 Å². The molecule has 0 aliphatic heterocycles. The highest BCUT2D eigenvalue weighted by Crippen LogP contribution is 2.22. The number of anilines is 1. The minimum absolute atomic E-state index is 0.0907.